The lowest BCUT2D eigenvalue weighted by Gasteiger charge is -2.07. The molecule has 0 aliphatic heterocycles. The maximum atomic E-state index is 13.3. The topological polar surface area (TPSA) is 116 Å². The molecule has 0 unspecified atom stereocenters. The second-order valence-corrected chi connectivity index (χ2v) is 6.38. The zero-order valence-corrected chi connectivity index (χ0v) is 12.4. The number of sulfonamides is 1. The lowest BCUT2D eigenvalue weighted by atomic mass is 10.1. The lowest BCUT2D eigenvalue weighted by molar-refractivity contribution is 0.599. The van der Waals surface area contributed by atoms with Crippen molar-refractivity contribution in [3.05, 3.63) is 56.6 Å². The van der Waals surface area contributed by atoms with Crippen molar-refractivity contribution in [1.29, 1.82) is 5.26 Å². The molecule has 22 heavy (non-hydrogen) atoms. The second-order valence-electron chi connectivity index (χ2n) is 4.25. The van der Waals surface area contributed by atoms with Gasteiger partial charge in [0.05, 0.1) is 17.4 Å². The van der Waals surface area contributed by atoms with Crippen LogP contribution in [0.5, 0.6) is 0 Å². The highest BCUT2D eigenvalue weighted by molar-refractivity contribution is 7.91. The van der Waals surface area contributed by atoms with Gasteiger partial charge in [-0.2, -0.15) is 10.4 Å². The largest absolute Gasteiger partial charge is 0.286 e. The van der Waals surface area contributed by atoms with Gasteiger partial charge in [-0.3, -0.25) is 14.6 Å². The molecule has 0 aliphatic carbocycles. The van der Waals surface area contributed by atoms with Crippen molar-refractivity contribution in [3.63, 3.8) is 0 Å². The third-order valence-electron chi connectivity index (χ3n) is 2.46. The Morgan fingerprint density at radius 3 is 2.73 bits per heavy atom. The monoisotopic (exact) mass is 342 g/mol. The van der Waals surface area contributed by atoms with Crippen molar-refractivity contribution in [3.8, 4) is 6.07 Å². The normalized spacial score (nSPS) is 11.0. The molecule has 0 fully saturated rings. The summed E-state index contributed by atoms with van der Waals surface area (Å²) in [7, 11) is -4.02. The summed E-state index contributed by atoms with van der Waals surface area (Å²) < 4.78 is 39.2. The van der Waals surface area contributed by atoms with Crippen LogP contribution in [0, 0.1) is 17.1 Å². The predicted octanol–water partition coefficient (Wildman–Crippen LogP) is 1.38. The van der Waals surface area contributed by atoms with Gasteiger partial charge in [0.25, 0.3) is 0 Å². The van der Waals surface area contributed by atoms with Gasteiger partial charge >= 0.3 is 0 Å². The Hall–Kier alpha value is -2.44. The van der Waals surface area contributed by atoms with Crippen LogP contribution in [0.1, 0.15) is 11.1 Å². The zero-order valence-electron chi connectivity index (χ0n) is 10.8. The van der Waals surface area contributed by atoms with Crippen LogP contribution in [0.4, 0.5) is 10.2 Å². The minimum atomic E-state index is -4.02. The number of aromatic amines is 1. The number of nitrogens with zero attached hydrogens (tertiary/aromatic N) is 2. The molecule has 7 nitrogen and oxygen atoms in total. The van der Waals surface area contributed by atoms with E-state index in [-0.39, 0.29) is 16.3 Å². The van der Waals surface area contributed by atoms with E-state index in [0.29, 0.717) is 0 Å². The van der Waals surface area contributed by atoms with Crippen LogP contribution < -0.4 is 10.2 Å². The van der Waals surface area contributed by atoms with E-state index in [9.17, 15) is 17.6 Å². The summed E-state index contributed by atoms with van der Waals surface area (Å²) in [6.07, 6.45) is 0. The van der Waals surface area contributed by atoms with Crippen LogP contribution in [-0.4, -0.2) is 18.6 Å². The first kappa shape index (κ1) is 15.9. The fraction of sp³-hybridized carbons (Fsp3) is 0.0833. The Bertz CT molecular complexity index is 921. The standard InChI is InChI=1S/C12H8ClFN4O3S/c13-11-4-10(19)12(17-16-11)18-22(20,21)6-8-1-7(5-15)2-9(14)3-8/h1-4H,6H2,(H,16,19)(H,17,18). The maximum Gasteiger partial charge on any atom is 0.238 e. The van der Waals surface area contributed by atoms with E-state index in [1.807, 2.05) is 4.72 Å². The predicted molar refractivity (Wildman–Crippen MR) is 77.2 cm³/mol. The van der Waals surface area contributed by atoms with Gasteiger partial charge in [0.1, 0.15) is 11.0 Å². The van der Waals surface area contributed by atoms with E-state index >= 15 is 0 Å². The molecular formula is C12H8ClFN4O3S. The maximum absolute atomic E-state index is 13.3. The molecular weight excluding hydrogens is 335 g/mol. The number of hydrogen-bond acceptors (Lipinski definition) is 5. The summed E-state index contributed by atoms with van der Waals surface area (Å²) in [5.74, 6) is -1.81. The first-order valence-corrected chi connectivity index (χ1v) is 7.77. The minimum Gasteiger partial charge on any atom is -0.286 e. The van der Waals surface area contributed by atoms with E-state index in [0.717, 1.165) is 18.2 Å². The van der Waals surface area contributed by atoms with Gasteiger partial charge in [-0.15, -0.1) is 0 Å². The van der Waals surface area contributed by atoms with Crippen LogP contribution in [0.15, 0.2) is 29.1 Å². The van der Waals surface area contributed by atoms with Crippen molar-refractivity contribution in [1.82, 2.24) is 10.2 Å². The van der Waals surface area contributed by atoms with Crippen molar-refractivity contribution >= 4 is 27.4 Å². The zero-order chi connectivity index (χ0) is 16.3. The summed E-state index contributed by atoms with van der Waals surface area (Å²) in [6.45, 7) is 0. The molecule has 0 amide bonds. The molecule has 0 saturated carbocycles. The van der Waals surface area contributed by atoms with Gasteiger partial charge in [0.2, 0.25) is 21.3 Å². The average molecular weight is 343 g/mol. The van der Waals surface area contributed by atoms with E-state index in [1.165, 1.54) is 6.07 Å². The highest BCUT2D eigenvalue weighted by Crippen LogP contribution is 2.13. The average Bonchev–Trinajstić information content (AvgIpc) is 2.40. The van der Waals surface area contributed by atoms with Crippen LogP contribution in [0.2, 0.25) is 5.15 Å². The van der Waals surface area contributed by atoms with Gasteiger partial charge in [-0.05, 0) is 23.8 Å². The fourth-order valence-electron chi connectivity index (χ4n) is 1.65. The molecule has 0 saturated heterocycles. The quantitative estimate of drug-likeness (QED) is 0.870. The number of nitrogens with one attached hydrogen (secondary N) is 2. The van der Waals surface area contributed by atoms with Gasteiger partial charge in [-0.1, -0.05) is 11.6 Å². The Labute approximate surface area is 129 Å². The molecule has 1 aromatic carbocycles. The summed E-state index contributed by atoms with van der Waals surface area (Å²) >= 11 is 5.50. The van der Waals surface area contributed by atoms with Gasteiger partial charge < -0.3 is 0 Å². The molecule has 1 heterocycles. The molecule has 0 spiro atoms. The van der Waals surface area contributed by atoms with Crippen molar-refractivity contribution < 1.29 is 12.8 Å². The number of anilines is 1. The number of hydrogen-bond donors (Lipinski definition) is 2. The number of rotatable bonds is 4. The highest BCUT2D eigenvalue weighted by atomic mass is 35.5. The van der Waals surface area contributed by atoms with Crippen LogP contribution >= 0.6 is 11.6 Å². The SMILES string of the molecule is N#Cc1cc(F)cc(CS(=O)(=O)Nc2n[nH]c(Cl)cc2=O)c1. The molecule has 0 bridgehead atoms. The molecule has 2 aromatic rings. The van der Waals surface area contributed by atoms with Crippen LogP contribution in [-0.2, 0) is 15.8 Å². The Kier molecular flexibility index (Phi) is 4.44. The Morgan fingerprint density at radius 2 is 2.09 bits per heavy atom. The van der Waals surface area contributed by atoms with Crippen molar-refractivity contribution in [2.75, 3.05) is 4.72 Å². The smallest absolute Gasteiger partial charge is 0.238 e. The lowest BCUT2D eigenvalue weighted by Crippen LogP contribution is -2.21. The number of halogens is 2. The first-order valence-electron chi connectivity index (χ1n) is 5.74. The molecule has 10 heteroatoms. The molecule has 0 aliphatic rings. The fourth-order valence-corrected chi connectivity index (χ4v) is 2.91. The van der Waals surface area contributed by atoms with E-state index in [2.05, 4.69) is 10.2 Å². The van der Waals surface area contributed by atoms with Crippen molar-refractivity contribution in [2.24, 2.45) is 0 Å². The summed E-state index contributed by atoms with van der Waals surface area (Å²) in [5.41, 5.74) is -0.661. The second kappa shape index (κ2) is 6.13. The Morgan fingerprint density at radius 1 is 1.36 bits per heavy atom. The molecule has 114 valence electrons. The number of nitriles is 1. The molecule has 0 atom stereocenters. The molecule has 1 aromatic heterocycles. The third kappa shape index (κ3) is 4.03. The summed E-state index contributed by atoms with van der Waals surface area (Å²) in [4.78, 5) is 11.5. The van der Waals surface area contributed by atoms with Gasteiger partial charge in [0.15, 0.2) is 0 Å². The van der Waals surface area contributed by atoms with Gasteiger partial charge in [0, 0.05) is 6.07 Å². The first-order chi connectivity index (χ1) is 10.3. The number of aromatic nitrogens is 2. The summed E-state index contributed by atoms with van der Waals surface area (Å²) in [5, 5.41) is 14.4. The van der Waals surface area contributed by atoms with Gasteiger partial charge in [-0.25, -0.2) is 12.8 Å². The molecule has 0 radical (unpaired) electrons. The van der Waals surface area contributed by atoms with Crippen molar-refractivity contribution in [2.45, 2.75) is 5.75 Å². The van der Waals surface area contributed by atoms with Crippen LogP contribution in [0.3, 0.4) is 0 Å². The van der Waals surface area contributed by atoms with E-state index in [4.69, 9.17) is 16.9 Å². The Balaban J connectivity index is 2.27. The molecule has 2 N–H and O–H groups in total. The van der Waals surface area contributed by atoms with E-state index < -0.39 is 32.8 Å². The third-order valence-corrected chi connectivity index (χ3v) is 3.87. The summed E-state index contributed by atoms with van der Waals surface area (Å²) in [6, 6.07) is 5.89. The van der Waals surface area contributed by atoms with Crippen LogP contribution in [0.25, 0.3) is 0 Å². The molecule has 2 rings (SSSR count). The van der Waals surface area contributed by atoms with E-state index in [1.54, 1.807) is 6.07 Å². The highest BCUT2D eigenvalue weighted by Gasteiger charge is 2.16. The number of H-pyrrole nitrogens is 1. The minimum absolute atomic E-state index is 0.00679. The number of benzene rings is 1.